The Kier molecular flexibility index (Phi) is 4.32. The lowest BCUT2D eigenvalue weighted by molar-refractivity contribution is 0.0932. The monoisotopic (exact) mass is 349 g/mol. The molecule has 0 aromatic carbocycles. The van der Waals surface area contributed by atoms with E-state index in [1.165, 1.54) is 5.56 Å². The van der Waals surface area contributed by atoms with E-state index in [4.69, 9.17) is 0 Å². The van der Waals surface area contributed by atoms with Crippen molar-refractivity contribution in [3.05, 3.63) is 70.5 Å². The third-order valence-corrected chi connectivity index (χ3v) is 5.51. The van der Waals surface area contributed by atoms with Crippen LogP contribution < -0.4 is 5.32 Å². The highest BCUT2D eigenvalue weighted by Crippen LogP contribution is 2.24. The Morgan fingerprint density at radius 1 is 1.24 bits per heavy atom. The first-order valence-corrected chi connectivity index (χ1v) is 9.34. The number of pyridine rings is 2. The molecule has 1 amide bonds. The predicted molar refractivity (Wildman–Crippen MR) is 99.8 cm³/mol. The number of aromatic nitrogens is 2. The molecule has 5 heteroatoms. The second-order valence-electron chi connectivity index (χ2n) is 6.33. The Labute approximate surface area is 151 Å². The van der Waals surface area contributed by atoms with Gasteiger partial charge in [-0.2, -0.15) is 0 Å². The second kappa shape index (κ2) is 6.76. The van der Waals surface area contributed by atoms with Crippen molar-refractivity contribution in [2.24, 2.45) is 0 Å². The predicted octanol–water partition coefficient (Wildman–Crippen LogP) is 3.80. The van der Waals surface area contributed by atoms with Crippen molar-refractivity contribution in [2.45, 2.75) is 32.2 Å². The second-order valence-corrected chi connectivity index (χ2v) is 7.28. The number of thiophene rings is 1. The van der Waals surface area contributed by atoms with Gasteiger partial charge in [-0.05, 0) is 61.4 Å². The van der Waals surface area contributed by atoms with Gasteiger partial charge in [0.15, 0.2) is 0 Å². The number of rotatable bonds is 3. The van der Waals surface area contributed by atoms with Crippen LogP contribution in [0.2, 0.25) is 0 Å². The van der Waals surface area contributed by atoms with Crippen LogP contribution in [0.25, 0.3) is 10.6 Å². The smallest absolute Gasteiger partial charge is 0.253 e. The van der Waals surface area contributed by atoms with E-state index in [0.29, 0.717) is 5.56 Å². The van der Waals surface area contributed by atoms with Crippen LogP contribution in [-0.4, -0.2) is 21.9 Å². The van der Waals surface area contributed by atoms with Crippen LogP contribution in [0.3, 0.4) is 0 Å². The largest absolute Gasteiger partial charge is 0.349 e. The number of hydrogen-bond donors (Lipinski definition) is 1. The molecule has 1 N–H and O–H groups in total. The molecule has 1 aliphatic carbocycles. The van der Waals surface area contributed by atoms with Gasteiger partial charge in [0.25, 0.3) is 5.91 Å². The maximum atomic E-state index is 12.7. The normalized spacial score (nSPS) is 16.3. The summed E-state index contributed by atoms with van der Waals surface area (Å²) in [6.07, 6.45) is 4.52. The number of amides is 1. The van der Waals surface area contributed by atoms with Crippen LogP contribution >= 0.6 is 11.3 Å². The van der Waals surface area contributed by atoms with Crippen molar-refractivity contribution in [3.63, 3.8) is 0 Å². The zero-order valence-corrected chi connectivity index (χ0v) is 14.8. The Bertz CT molecular complexity index is 905. The van der Waals surface area contributed by atoms with Crippen LogP contribution in [-0.2, 0) is 12.8 Å². The van der Waals surface area contributed by atoms with Gasteiger partial charge in [0.2, 0.25) is 0 Å². The Morgan fingerprint density at radius 3 is 2.96 bits per heavy atom. The third-order valence-electron chi connectivity index (χ3n) is 4.62. The summed E-state index contributed by atoms with van der Waals surface area (Å²) in [6, 6.07) is 12.1. The molecule has 3 heterocycles. The highest BCUT2D eigenvalue weighted by molar-refractivity contribution is 7.13. The number of nitrogens with one attached hydrogen (secondary N) is 1. The minimum Gasteiger partial charge on any atom is -0.349 e. The standard InChI is InChI=1S/C20H19N3OS/c1-13-16(7-9-18(22-13)19-5-3-11-25-19)20(24)23-15-6-8-17-14(12-15)4-2-10-21-17/h2-5,7,9-11,15H,6,8,12H2,1H3,(H,23,24). The number of fused-ring (bicyclic) bond motifs is 1. The maximum absolute atomic E-state index is 12.7. The molecule has 1 aliphatic rings. The molecule has 0 aliphatic heterocycles. The van der Waals surface area contributed by atoms with Gasteiger partial charge in [-0.25, -0.2) is 0 Å². The zero-order valence-electron chi connectivity index (χ0n) is 14.0. The van der Waals surface area contributed by atoms with E-state index in [0.717, 1.165) is 41.2 Å². The molecule has 3 aromatic heterocycles. The first kappa shape index (κ1) is 16.0. The summed E-state index contributed by atoms with van der Waals surface area (Å²) < 4.78 is 0. The zero-order chi connectivity index (χ0) is 17.2. The average Bonchev–Trinajstić information content (AvgIpc) is 3.16. The maximum Gasteiger partial charge on any atom is 0.253 e. The summed E-state index contributed by atoms with van der Waals surface area (Å²) in [5.41, 5.74) is 4.73. The summed E-state index contributed by atoms with van der Waals surface area (Å²) in [6.45, 7) is 1.89. The summed E-state index contributed by atoms with van der Waals surface area (Å²) >= 11 is 1.65. The molecule has 0 radical (unpaired) electrons. The van der Waals surface area contributed by atoms with E-state index < -0.39 is 0 Å². The van der Waals surface area contributed by atoms with Crippen molar-refractivity contribution < 1.29 is 4.79 Å². The van der Waals surface area contributed by atoms with Gasteiger partial charge in [0.1, 0.15) is 0 Å². The topological polar surface area (TPSA) is 54.9 Å². The van der Waals surface area contributed by atoms with Crippen LogP contribution in [0.5, 0.6) is 0 Å². The van der Waals surface area contributed by atoms with E-state index in [2.05, 4.69) is 21.4 Å². The number of aryl methyl sites for hydroxylation is 2. The third kappa shape index (κ3) is 3.33. The van der Waals surface area contributed by atoms with E-state index in [9.17, 15) is 4.79 Å². The van der Waals surface area contributed by atoms with Crippen molar-refractivity contribution in [1.29, 1.82) is 0 Å². The highest BCUT2D eigenvalue weighted by Gasteiger charge is 2.22. The van der Waals surface area contributed by atoms with Crippen molar-refractivity contribution in [1.82, 2.24) is 15.3 Å². The molecule has 126 valence electrons. The van der Waals surface area contributed by atoms with E-state index >= 15 is 0 Å². The van der Waals surface area contributed by atoms with Crippen LogP contribution in [0.1, 0.15) is 33.7 Å². The number of hydrogen-bond acceptors (Lipinski definition) is 4. The minimum atomic E-state index is -0.0416. The number of carbonyl (C=O) groups excluding carboxylic acids is 1. The average molecular weight is 349 g/mol. The lowest BCUT2D eigenvalue weighted by atomic mass is 9.91. The Balaban J connectivity index is 1.48. The molecule has 1 atom stereocenters. The molecule has 0 saturated carbocycles. The minimum absolute atomic E-state index is 0.0416. The fourth-order valence-corrected chi connectivity index (χ4v) is 4.00. The van der Waals surface area contributed by atoms with E-state index in [1.54, 1.807) is 11.3 Å². The first-order chi connectivity index (χ1) is 12.2. The molecule has 1 unspecified atom stereocenters. The molecular weight excluding hydrogens is 330 g/mol. The summed E-state index contributed by atoms with van der Waals surface area (Å²) in [5.74, 6) is -0.0416. The lowest BCUT2D eigenvalue weighted by Crippen LogP contribution is -2.39. The van der Waals surface area contributed by atoms with Gasteiger partial charge in [-0.3, -0.25) is 14.8 Å². The van der Waals surface area contributed by atoms with Crippen LogP contribution in [0.4, 0.5) is 0 Å². The summed E-state index contributed by atoms with van der Waals surface area (Å²) in [5, 5.41) is 5.20. The van der Waals surface area contributed by atoms with Gasteiger partial charge in [0.05, 0.1) is 21.8 Å². The molecular formula is C20H19N3OS. The Morgan fingerprint density at radius 2 is 2.16 bits per heavy atom. The number of carbonyl (C=O) groups is 1. The SMILES string of the molecule is Cc1nc(-c2cccs2)ccc1C(=O)NC1CCc2ncccc2C1. The molecule has 25 heavy (non-hydrogen) atoms. The van der Waals surface area contributed by atoms with E-state index in [1.807, 2.05) is 48.8 Å². The first-order valence-electron chi connectivity index (χ1n) is 8.46. The molecule has 0 bridgehead atoms. The molecule has 0 saturated heterocycles. The summed E-state index contributed by atoms with van der Waals surface area (Å²) in [4.78, 5) is 22.8. The molecule has 4 nitrogen and oxygen atoms in total. The van der Waals surface area contributed by atoms with Crippen molar-refractivity contribution >= 4 is 17.2 Å². The van der Waals surface area contributed by atoms with Gasteiger partial charge in [-0.1, -0.05) is 12.1 Å². The molecule has 3 aromatic rings. The van der Waals surface area contributed by atoms with Crippen molar-refractivity contribution in [3.8, 4) is 10.6 Å². The van der Waals surface area contributed by atoms with Crippen LogP contribution in [0.15, 0.2) is 48.0 Å². The lowest BCUT2D eigenvalue weighted by Gasteiger charge is -2.25. The Hall–Kier alpha value is -2.53. The fourth-order valence-electron chi connectivity index (χ4n) is 3.31. The van der Waals surface area contributed by atoms with Gasteiger partial charge in [-0.15, -0.1) is 11.3 Å². The number of nitrogens with zero attached hydrogens (tertiary/aromatic N) is 2. The van der Waals surface area contributed by atoms with E-state index in [-0.39, 0.29) is 11.9 Å². The highest BCUT2D eigenvalue weighted by atomic mass is 32.1. The molecule has 4 rings (SSSR count). The van der Waals surface area contributed by atoms with Gasteiger partial charge in [0, 0.05) is 17.9 Å². The quantitative estimate of drug-likeness (QED) is 0.782. The van der Waals surface area contributed by atoms with Crippen molar-refractivity contribution in [2.75, 3.05) is 0 Å². The van der Waals surface area contributed by atoms with Gasteiger partial charge < -0.3 is 5.32 Å². The van der Waals surface area contributed by atoms with Crippen LogP contribution in [0, 0.1) is 6.92 Å². The molecule has 0 fully saturated rings. The summed E-state index contributed by atoms with van der Waals surface area (Å²) in [7, 11) is 0. The van der Waals surface area contributed by atoms with Gasteiger partial charge >= 0.3 is 0 Å². The molecule has 0 spiro atoms. The fraction of sp³-hybridized carbons (Fsp3) is 0.250.